The number of fused-ring (bicyclic) bond motifs is 3. The molecule has 23 heavy (non-hydrogen) atoms. The van der Waals surface area contributed by atoms with Gasteiger partial charge in [0.05, 0.1) is 19.4 Å². The molecule has 4 nitrogen and oxygen atoms in total. The Hall–Kier alpha value is -2.20. The van der Waals surface area contributed by atoms with Crippen molar-refractivity contribution in [2.45, 2.75) is 25.7 Å². The molecule has 0 atom stereocenters. The van der Waals surface area contributed by atoms with Crippen molar-refractivity contribution in [3.05, 3.63) is 47.4 Å². The zero-order valence-corrected chi connectivity index (χ0v) is 14.1. The van der Waals surface area contributed by atoms with Gasteiger partial charge >= 0.3 is 0 Å². The third kappa shape index (κ3) is 2.75. The van der Waals surface area contributed by atoms with Crippen LogP contribution >= 0.6 is 0 Å². The largest absolute Gasteiger partial charge is 0.496 e. The molecule has 1 aromatic carbocycles. The van der Waals surface area contributed by atoms with Crippen LogP contribution in [0, 0.1) is 0 Å². The molecule has 4 heteroatoms. The predicted octanol–water partition coefficient (Wildman–Crippen LogP) is 3.65. The first-order chi connectivity index (χ1) is 11.1. The lowest BCUT2D eigenvalue weighted by Crippen LogP contribution is -2.27. The van der Waals surface area contributed by atoms with Gasteiger partial charge < -0.3 is 9.47 Å². The van der Waals surface area contributed by atoms with E-state index in [0.29, 0.717) is 6.61 Å². The van der Waals surface area contributed by atoms with Gasteiger partial charge in [0.1, 0.15) is 12.1 Å². The van der Waals surface area contributed by atoms with Gasteiger partial charge in [-0.2, -0.15) is 0 Å². The molecule has 0 fully saturated rings. The number of nitrogens with zero attached hydrogens (tertiary/aromatic N) is 2. The fraction of sp³-hybridized carbons (Fsp3) is 0.368. The quantitative estimate of drug-likeness (QED) is 0.864. The summed E-state index contributed by atoms with van der Waals surface area (Å²) in [5, 5.41) is 0. The molecule has 1 aliphatic rings. The first-order valence-electron chi connectivity index (χ1n) is 7.74. The highest BCUT2D eigenvalue weighted by Crippen LogP contribution is 2.44. The second-order valence-corrected chi connectivity index (χ2v) is 6.41. The fourth-order valence-corrected chi connectivity index (χ4v) is 3.26. The molecule has 120 valence electrons. The molecule has 0 aliphatic heterocycles. The summed E-state index contributed by atoms with van der Waals surface area (Å²) in [5.74, 6) is 0.879. The number of hydrogen-bond donors (Lipinski definition) is 0. The Morgan fingerprint density at radius 1 is 1.26 bits per heavy atom. The minimum absolute atomic E-state index is 0.0141. The van der Waals surface area contributed by atoms with Gasteiger partial charge in [-0.1, -0.05) is 26.0 Å². The van der Waals surface area contributed by atoms with Gasteiger partial charge in [0.2, 0.25) is 0 Å². The Morgan fingerprint density at radius 3 is 2.83 bits per heavy atom. The van der Waals surface area contributed by atoms with E-state index in [2.05, 4.69) is 36.0 Å². The summed E-state index contributed by atoms with van der Waals surface area (Å²) in [4.78, 5) is 8.77. The molecule has 1 aliphatic carbocycles. The summed E-state index contributed by atoms with van der Waals surface area (Å²) < 4.78 is 10.7. The van der Waals surface area contributed by atoms with Crippen LogP contribution in [0.4, 0.5) is 0 Å². The highest BCUT2D eigenvalue weighted by Gasteiger charge is 2.33. The maximum absolute atomic E-state index is 5.57. The van der Waals surface area contributed by atoms with Crippen molar-refractivity contribution < 1.29 is 9.47 Å². The van der Waals surface area contributed by atoms with Crippen molar-refractivity contribution in [2.75, 3.05) is 20.8 Å². The maximum Gasteiger partial charge on any atom is 0.126 e. The number of benzene rings is 1. The first kappa shape index (κ1) is 15.7. The van der Waals surface area contributed by atoms with E-state index >= 15 is 0 Å². The van der Waals surface area contributed by atoms with Crippen LogP contribution in [-0.4, -0.2) is 30.8 Å². The molecular formula is C19H22N2O2. The summed E-state index contributed by atoms with van der Waals surface area (Å²) in [6.45, 7) is 5.05. The number of aromatic nitrogens is 2. The van der Waals surface area contributed by atoms with E-state index < -0.39 is 0 Å². The standard InChI is InChI=1S/C19H22N2O2/c1-19(2)10-15-13(6-5-9-22-3)17(23-4)8-7-14(15)18-16(19)11-20-12-21-18/h5-8,11-12H,9-10H2,1-4H3/b6-5+. The van der Waals surface area contributed by atoms with E-state index in [9.17, 15) is 0 Å². The van der Waals surface area contributed by atoms with Gasteiger partial charge in [-0.15, -0.1) is 0 Å². The molecule has 2 aromatic rings. The monoisotopic (exact) mass is 310 g/mol. The Morgan fingerprint density at radius 2 is 2.09 bits per heavy atom. The first-order valence-corrected chi connectivity index (χ1v) is 7.74. The average Bonchev–Trinajstić information content (AvgIpc) is 2.55. The molecule has 0 saturated carbocycles. The van der Waals surface area contributed by atoms with Crippen molar-refractivity contribution in [1.29, 1.82) is 0 Å². The van der Waals surface area contributed by atoms with E-state index in [0.717, 1.165) is 23.4 Å². The van der Waals surface area contributed by atoms with Crippen molar-refractivity contribution >= 4 is 6.08 Å². The van der Waals surface area contributed by atoms with Crippen molar-refractivity contribution in [2.24, 2.45) is 0 Å². The smallest absolute Gasteiger partial charge is 0.126 e. The molecule has 0 saturated heterocycles. The van der Waals surface area contributed by atoms with E-state index in [4.69, 9.17) is 9.47 Å². The third-order valence-corrected chi connectivity index (χ3v) is 4.40. The van der Waals surface area contributed by atoms with Gasteiger partial charge in [-0.3, -0.25) is 0 Å². The third-order valence-electron chi connectivity index (χ3n) is 4.40. The molecule has 0 bridgehead atoms. The van der Waals surface area contributed by atoms with Gasteiger partial charge in [0.25, 0.3) is 0 Å². The summed E-state index contributed by atoms with van der Waals surface area (Å²) in [7, 11) is 3.40. The summed E-state index contributed by atoms with van der Waals surface area (Å²) >= 11 is 0. The maximum atomic E-state index is 5.57. The minimum atomic E-state index is -0.0141. The molecule has 0 radical (unpaired) electrons. The van der Waals surface area contributed by atoms with E-state index in [1.165, 1.54) is 16.7 Å². The van der Waals surface area contributed by atoms with Crippen LogP contribution in [0.3, 0.4) is 0 Å². The van der Waals surface area contributed by atoms with Crippen molar-refractivity contribution in [1.82, 2.24) is 9.97 Å². The van der Waals surface area contributed by atoms with Crippen molar-refractivity contribution in [3.63, 3.8) is 0 Å². The highest BCUT2D eigenvalue weighted by atomic mass is 16.5. The molecule has 0 amide bonds. The molecule has 0 spiro atoms. The van der Waals surface area contributed by atoms with Gasteiger partial charge in [0.15, 0.2) is 0 Å². The zero-order valence-electron chi connectivity index (χ0n) is 14.1. The topological polar surface area (TPSA) is 44.2 Å². The van der Waals surface area contributed by atoms with Gasteiger partial charge in [0, 0.05) is 30.0 Å². The lowest BCUT2D eigenvalue weighted by Gasteiger charge is -2.34. The summed E-state index contributed by atoms with van der Waals surface area (Å²) in [6.07, 6.45) is 8.58. The normalized spacial score (nSPS) is 15.3. The summed E-state index contributed by atoms with van der Waals surface area (Å²) in [5.41, 5.74) is 5.76. The number of ether oxygens (including phenoxy) is 2. The second-order valence-electron chi connectivity index (χ2n) is 6.41. The molecule has 1 heterocycles. The lowest BCUT2D eigenvalue weighted by atomic mass is 9.71. The van der Waals surface area contributed by atoms with Crippen LogP contribution in [-0.2, 0) is 16.6 Å². The average molecular weight is 310 g/mol. The lowest BCUT2D eigenvalue weighted by molar-refractivity contribution is 0.234. The van der Waals surface area contributed by atoms with E-state index in [1.54, 1.807) is 20.5 Å². The van der Waals surface area contributed by atoms with Crippen LogP contribution in [0.2, 0.25) is 0 Å². The molecule has 0 N–H and O–H groups in total. The van der Waals surface area contributed by atoms with Crippen LogP contribution < -0.4 is 4.74 Å². The number of methoxy groups -OCH3 is 2. The SMILES string of the molecule is COC/C=C/c1c(OC)ccc2c1CC(C)(C)c1cncnc1-2. The van der Waals surface area contributed by atoms with Crippen LogP contribution in [0.15, 0.2) is 30.7 Å². The Labute approximate surface area is 137 Å². The molecular weight excluding hydrogens is 288 g/mol. The minimum Gasteiger partial charge on any atom is -0.496 e. The Kier molecular flexibility index (Phi) is 4.18. The Balaban J connectivity index is 2.22. The molecule has 0 unspecified atom stereocenters. The van der Waals surface area contributed by atoms with Crippen molar-refractivity contribution in [3.8, 4) is 17.0 Å². The zero-order chi connectivity index (χ0) is 16.4. The molecule has 1 aromatic heterocycles. The summed E-state index contributed by atoms with van der Waals surface area (Å²) in [6, 6.07) is 4.11. The van der Waals surface area contributed by atoms with E-state index in [-0.39, 0.29) is 5.41 Å². The van der Waals surface area contributed by atoms with Crippen LogP contribution in [0.1, 0.15) is 30.5 Å². The van der Waals surface area contributed by atoms with Gasteiger partial charge in [-0.05, 0) is 29.5 Å². The number of hydrogen-bond acceptors (Lipinski definition) is 4. The molecule has 3 rings (SSSR count). The van der Waals surface area contributed by atoms with E-state index in [1.807, 2.05) is 18.3 Å². The predicted molar refractivity (Wildman–Crippen MR) is 91.7 cm³/mol. The Bertz CT molecular complexity index is 751. The number of rotatable bonds is 4. The van der Waals surface area contributed by atoms with Crippen LogP contribution in [0.25, 0.3) is 17.3 Å². The fourth-order valence-electron chi connectivity index (χ4n) is 3.26. The highest BCUT2D eigenvalue weighted by molar-refractivity contribution is 5.78. The second kappa shape index (κ2) is 6.13. The van der Waals surface area contributed by atoms with Gasteiger partial charge in [-0.25, -0.2) is 9.97 Å². The van der Waals surface area contributed by atoms with Crippen LogP contribution in [0.5, 0.6) is 5.75 Å².